The molecule has 34 heavy (non-hydrogen) atoms. The number of hydrogen-bond donors (Lipinski definition) is 1. The number of alkyl halides is 3. The van der Waals surface area contributed by atoms with Gasteiger partial charge >= 0.3 is 6.18 Å². The molecule has 7 nitrogen and oxygen atoms in total. The van der Waals surface area contributed by atoms with E-state index >= 15 is 0 Å². The van der Waals surface area contributed by atoms with E-state index in [2.05, 4.69) is 20.9 Å². The van der Waals surface area contributed by atoms with Crippen molar-refractivity contribution < 1.29 is 21.6 Å². The molecule has 2 fully saturated rings. The normalized spacial score (nSPS) is 23.2. The van der Waals surface area contributed by atoms with Crippen LogP contribution in [0, 0.1) is 23.2 Å². The van der Waals surface area contributed by atoms with Gasteiger partial charge in [0.25, 0.3) is 0 Å². The van der Waals surface area contributed by atoms with E-state index in [4.69, 9.17) is 0 Å². The molecule has 1 aromatic carbocycles. The highest BCUT2D eigenvalue weighted by atomic mass is 32.2. The fraction of sp³-hybridized carbons (Fsp3) is 0.391. The van der Waals surface area contributed by atoms with Crippen LogP contribution < -0.4 is 4.90 Å². The van der Waals surface area contributed by atoms with E-state index in [1.54, 1.807) is 12.4 Å². The van der Waals surface area contributed by atoms with Crippen molar-refractivity contribution in [2.45, 2.75) is 30.0 Å². The SMILES string of the molecule is CN(c1c(C#N)cnc2[nH]ccc12)[C@H]1C[C@@H]2CN(S(=O)(=O)c3cccc(C(F)(F)F)c3)C[C@@H]2C1. The van der Waals surface area contributed by atoms with E-state index in [-0.39, 0.29) is 35.9 Å². The third-order valence-corrected chi connectivity index (χ3v) is 8.90. The maximum atomic E-state index is 13.1. The highest BCUT2D eigenvalue weighted by Crippen LogP contribution is 2.44. The first-order chi connectivity index (χ1) is 16.1. The zero-order chi connectivity index (χ0) is 24.3. The number of sulfonamides is 1. The minimum Gasteiger partial charge on any atom is -0.370 e. The van der Waals surface area contributed by atoms with E-state index in [1.165, 1.54) is 10.4 Å². The molecular formula is C23H22F3N5O2S. The molecule has 1 aliphatic carbocycles. The van der Waals surface area contributed by atoms with Gasteiger partial charge in [-0.15, -0.1) is 0 Å². The summed E-state index contributed by atoms with van der Waals surface area (Å²) < 4.78 is 66.7. The molecule has 11 heteroatoms. The standard InChI is InChI=1S/C23H22F3N5O2S/c1-30(21-16(10-27)11-29-22-20(21)5-6-28-22)18-7-14-12-31(13-15(14)8-18)34(32,33)19-4-2-3-17(9-19)23(24,25)26/h2-6,9,11,14-15,18H,7-8,12-13H2,1H3,(H,28,29)/t14-,15+,18+. The second-order valence-electron chi connectivity index (χ2n) is 8.98. The van der Waals surface area contributed by atoms with Crippen LogP contribution in [-0.2, 0) is 16.2 Å². The van der Waals surface area contributed by atoms with E-state index in [9.17, 15) is 26.9 Å². The predicted molar refractivity (Wildman–Crippen MR) is 119 cm³/mol. The van der Waals surface area contributed by atoms with Crippen molar-refractivity contribution in [1.29, 1.82) is 5.26 Å². The molecule has 178 valence electrons. The van der Waals surface area contributed by atoms with Crippen LogP contribution in [0.3, 0.4) is 0 Å². The average molecular weight is 490 g/mol. The number of hydrogen-bond acceptors (Lipinski definition) is 5. The van der Waals surface area contributed by atoms with Gasteiger partial charge < -0.3 is 9.88 Å². The smallest absolute Gasteiger partial charge is 0.370 e. The molecule has 1 saturated carbocycles. The topological polar surface area (TPSA) is 93.1 Å². The van der Waals surface area contributed by atoms with Gasteiger partial charge in [-0.3, -0.25) is 0 Å². The first-order valence-electron chi connectivity index (χ1n) is 10.9. The van der Waals surface area contributed by atoms with Gasteiger partial charge in [0.05, 0.1) is 21.7 Å². The van der Waals surface area contributed by atoms with Gasteiger partial charge in [0.2, 0.25) is 10.0 Å². The zero-order valence-electron chi connectivity index (χ0n) is 18.2. The zero-order valence-corrected chi connectivity index (χ0v) is 19.1. The van der Waals surface area contributed by atoms with Gasteiger partial charge in [-0.25, -0.2) is 13.4 Å². The van der Waals surface area contributed by atoms with Crippen LogP contribution in [0.25, 0.3) is 11.0 Å². The minimum absolute atomic E-state index is 0.0992. The Morgan fingerprint density at radius 3 is 2.56 bits per heavy atom. The van der Waals surface area contributed by atoms with Crippen LogP contribution in [0.5, 0.6) is 0 Å². The van der Waals surface area contributed by atoms with Crippen molar-refractivity contribution >= 4 is 26.7 Å². The number of nitriles is 1. The van der Waals surface area contributed by atoms with E-state index in [0.717, 1.165) is 36.0 Å². The summed E-state index contributed by atoms with van der Waals surface area (Å²) in [6.45, 7) is 0.545. The molecule has 3 aromatic rings. The second-order valence-corrected chi connectivity index (χ2v) is 10.9. The number of rotatable bonds is 4. The first-order valence-corrected chi connectivity index (χ1v) is 12.3. The van der Waals surface area contributed by atoms with Gasteiger partial charge in [0.1, 0.15) is 11.7 Å². The van der Waals surface area contributed by atoms with Crippen LogP contribution in [0.4, 0.5) is 18.9 Å². The summed E-state index contributed by atoms with van der Waals surface area (Å²) in [5, 5.41) is 10.5. The highest BCUT2D eigenvalue weighted by molar-refractivity contribution is 7.89. The molecule has 3 heterocycles. The molecule has 0 amide bonds. The van der Waals surface area contributed by atoms with Crippen molar-refractivity contribution in [2.75, 3.05) is 25.0 Å². The lowest BCUT2D eigenvalue weighted by molar-refractivity contribution is -0.137. The summed E-state index contributed by atoms with van der Waals surface area (Å²) in [7, 11) is -2.09. The molecule has 3 atom stereocenters. The molecule has 1 N–H and O–H groups in total. The molecule has 1 saturated heterocycles. The van der Waals surface area contributed by atoms with Gasteiger partial charge in [-0.2, -0.15) is 22.7 Å². The molecule has 0 unspecified atom stereocenters. The quantitative estimate of drug-likeness (QED) is 0.598. The number of fused-ring (bicyclic) bond motifs is 2. The van der Waals surface area contributed by atoms with Crippen molar-refractivity contribution in [1.82, 2.24) is 14.3 Å². The Balaban J connectivity index is 1.34. The molecule has 1 aliphatic heterocycles. The van der Waals surface area contributed by atoms with Crippen molar-refractivity contribution in [3.05, 3.63) is 53.9 Å². The largest absolute Gasteiger partial charge is 0.416 e. The minimum atomic E-state index is -4.61. The number of benzene rings is 1. The number of nitrogens with one attached hydrogen (secondary N) is 1. The Hall–Kier alpha value is -3.10. The maximum absolute atomic E-state index is 13.1. The monoisotopic (exact) mass is 489 g/mol. The second kappa shape index (κ2) is 7.99. The summed E-state index contributed by atoms with van der Waals surface area (Å²) in [5.74, 6) is 0.198. The summed E-state index contributed by atoms with van der Waals surface area (Å²) in [6.07, 6.45) is 0.175. The van der Waals surface area contributed by atoms with Crippen molar-refractivity contribution in [3.63, 3.8) is 0 Å². The summed E-state index contributed by atoms with van der Waals surface area (Å²) in [4.78, 5) is 9.09. The lowest BCUT2D eigenvalue weighted by atomic mass is 10.0. The number of halogens is 3. The Morgan fingerprint density at radius 2 is 1.91 bits per heavy atom. The number of pyridine rings is 1. The lowest BCUT2D eigenvalue weighted by Crippen LogP contribution is -2.34. The fourth-order valence-corrected chi connectivity index (χ4v) is 6.96. The Bertz CT molecular complexity index is 1380. The molecule has 0 radical (unpaired) electrons. The van der Waals surface area contributed by atoms with Gasteiger partial charge in [-0.1, -0.05) is 6.07 Å². The Labute approximate surface area is 194 Å². The number of anilines is 1. The molecular weight excluding hydrogens is 467 g/mol. The Kier molecular flexibility index (Phi) is 5.33. The molecule has 0 bridgehead atoms. The molecule has 0 spiro atoms. The number of aromatic nitrogens is 2. The number of nitrogens with zero attached hydrogens (tertiary/aromatic N) is 4. The highest BCUT2D eigenvalue weighted by Gasteiger charge is 2.46. The van der Waals surface area contributed by atoms with Crippen LogP contribution in [0.1, 0.15) is 24.0 Å². The van der Waals surface area contributed by atoms with E-state index in [0.29, 0.717) is 17.3 Å². The number of H-pyrrole nitrogens is 1. The van der Waals surface area contributed by atoms with Crippen LogP contribution in [0.2, 0.25) is 0 Å². The molecule has 2 aliphatic rings. The van der Waals surface area contributed by atoms with Gasteiger partial charge in [-0.05, 0) is 48.9 Å². The fourth-order valence-electron chi connectivity index (χ4n) is 5.36. The van der Waals surface area contributed by atoms with E-state index < -0.39 is 21.8 Å². The lowest BCUT2D eigenvalue weighted by Gasteiger charge is -2.29. The average Bonchev–Trinajstić information content (AvgIpc) is 3.52. The van der Waals surface area contributed by atoms with Crippen molar-refractivity contribution in [2.24, 2.45) is 11.8 Å². The Morgan fingerprint density at radius 1 is 1.21 bits per heavy atom. The van der Waals surface area contributed by atoms with Crippen molar-refractivity contribution in [3.8, 4) is 6.07 Å². The van der Waals surface area contributed by atoms with Gasteiger partial charge in [0, 0.05) is 44.0 Å². The number of aromatic amines is 1. The maximum Gasteiger partial charge on any atom is 0.416 e. The summed E-state index contributed by atoms with van der Waals surface area (Å²) in [5.41, 5.74) is 0.987. The van der Waals surface area contributed by atoms with Crippen LogP contribution >= 0.6 is 0 Å². The molecule has 5 rings (SSSR count). The molecule has 2 aromatic heterocycles. The van der Waals surface area contributed by atoms with Gasteiger partial charge in [0.15, 0.2) is 0 Å². The van der Waals surface area contributed by atoms with E-state index in [1.807, 2.05) is 13.1 Å². The predicted octanol–water partition coefficient (Wildman–Crippen LogP) is 3.99. The third-order valence-electron chi connectivity index (χ3n) is 7.07. The first kappa shape index (κ1) is 22.7. The summed E-state index contributed by atoms with van der Waals surface area (Å²) >= 11 is 0. The third kappa shape index (κ3) is 3.71. The van der Waals surface area contributed by atoms with Crippen LogP contribution in [-0.4, -0.2) is 48.9 Å². The van der Waals surface area contributed by atoms with Crippen LogP contribution in [0.15, 0.2) is 47.6 Å². The summed E-state index contributed by atoms with van der Waals surface area (Å²) in [6, 6.07) is 8.11.